The molecule has 0 fully saturated rings. The molecule has 0 saturated heterocycles. The van der Waals surface area contributed by atoms with Gasteiger partial charge >= 0.3 is 0 Å². The summed E-state index contributed by atoms with van der Waals surface area (Å²) in [6, 6.07) is 14.0. The molecule has 1 N–H and O–H groups in total. The molecule has 0 unspecified atom stereocenters. The summed E-state index contributed by atoms with van der Waals surface area (Å²) in [5, 5.41) is 7.11. The number of nitrogens with one attached hydrogen (secondary N) is 1. The van der Waals surface area contributed by atoms with Gasteiger partial charge in [0, 0.05) is 30.9 Å². The van der Waals surface area contributed by atoms with Crippen LogP contribution in [0.15, 0.2) is 47.0 Å². The first-order valence-electron chi connectivity index (χ1n) is 7.99. The molecule has 0 spiro atoms. The Morgan fingerprint density at radius 3 is 2.50 bits per heavy atom. The molecule has 0 aliphatic heterocycles. The Kier molecular flexibility index (Phi) is 4.74. The minimum Gasteiger partial charge on any atom is -0.360 e. The summed E-state index contributed by atoms with van der Waals surface area (Å²) in [4.78, 5) is 11.3. The van der Waals surface area contributed by atoms with E-state index in [2.05, 4.69) is 44.4 Å². The van der Waals surface area contributed by atoms with Crippen molar-refractivity contribution < 1.29 is 4.52 Å². The van der Waals surface area contributed by atoms with E-state index >= 15 is 0 Å². The van der Waals surface area contributed by atoms with E-state index in [-0.39, 0.29) is 0 Å². The monoisotopic (exact) mass is 323 g/mol. The van der Waals surface area contributed by atoms with Gasteiger partial charge in [-0.2, -0.15) is 4.98 Å². The average Bonchev–Trinajstić information content (AvgIpc) is 2.98. The SMILES string of the molecule is CCN(Cc1ccccc1)c1nc(C)cc(Nc2cc(C)on2)n1. The number of benzene rings is 1. The number of rotatable bonds is 6. The fraction of sp³-hybridized carbons (Fsp3) is 0.278. The van der Waals surface area contributed by atoms with Gasteiger partial charge in [0.05, 0.1) is 0 Å². The van der Waals surface area contributed by atoms with Gasteiger partial charge < -0.3 is 14.7 Å². The first-order valence-corrected chi connectivity index (χ1v) is 7.99. The zero-order valence-corrected chi connectivity index (χ0v) is 14.2. The number of aromatic nitrogens is 3. The first-order chi connectivity index (χ1) is 11.6. The second-order valence-corrected chi connectivity index (χ2v) is 5.64. The largest absolute Gasteiger partial charge is 0.360 e. The molecule has 0 atom stereocenters. The smallest absolute Gasteiger partial charge is 0.227 e. The molecule has 24 heavy (non-hydrogen) atoms. The van der Waals surface area contributed by atoms with Crippen LogP contribution in [0.3, 0.4) is 0 Å². The Morgan fingerprint density at radius 1 is 1.04 bits per heavy atom. The van der Waals surface area contributed by atoms with Gasteiger partial charge in [0.1, 0.15) is 11.6 Å². The maximum Gasteiger partial charge on any atom is 0.227 e. The van der Waals surface area contributed by atoms with Crippen molar-refractivity contribution in [1.82, 2.24) is 15.1 Å². The van der Waals surface area contributed by atoms with Crippen molar-refractivity contribution in [3.05, 3.63) is 59.5 Å². The van der Waals surface area contributed by atoms with Crippen LogP contribution >= 0.6 is 0 Å². The average molecular weight is 323 g/mol. The normalized spacial score (nSPS) is 10.6. The fourth-order valence-corrected chi connectivity index (χ4v) is 2.44. The number of anilines is 3. The molecule has 3 aromatic rings. The van der Waals surface area contributed by atoms with Crippen molar-refractivity contribution in [2.45, 2.75) is 27.3 Å². The van der Waals surface area contributed by atoms with Gasteiger partial charge in [0.25, 0.3) is 0 Å². The summed E-state index contributed by atoms with van der Waals surface area (Å²) < 4.78 is 5.08. The van der Waals surface area contributed by atoms with Gasteiger partial charge in [0.15, 0.2) is 5.82 Å². The lowest BCUT2D eigenvalue weighted by atomic mass is 10.2. The van der Waals surface area contributed by atoms with Gasteiger partial charge in [-0.15, -0.1) is 0 Å². The van der Waals surface area contributed by atoms with Crippen LogP contribution in [0.25, 0.3) is 0 Å². The second kappa shape index (κ2) is 7.12. The minimum absolute atomic E-state index is 0.641. The Labute approximate surface area is 141 Å². The van der Waals surface area contributed by atoms with Gasteiger partial charge in [-0.3, -0.25) is 0 Å². The van der Waals surface area contributed by atoms with E-state index in [4.69, 9.17) is 4.52 Å². The highest BCUT2D eigenvalue weighted by Gasteiger charge is 2.11. The fourth-order valence-electron chi connectivity index (χ4n) is 2.44. The molecular formula is C18H21N5O. The highest BCUT2D eigenvalue weighted by Crippen LogP contribution is 2.19. The van der Waals surface area contributed by atoms with Gasteiger partial charge in [-0.1, -0.05) is 35.5 Å². The van der Waals surface area contributed by atoms with Crippen LogP contribution in [-0.4, -0.2) is 21.7 Å². The molecule has 3 rings (SSSR count). The molecule has 6 heteroatoms. The van der Waals surface area contributed by atoms with E-state index in [1.807, 2.05) is 44.2 Å². The topological polar surface area (TPSA) is 67.1 Å². The summed E-state index contributed by atoms with van der Waals surface area (Å²) in [5.74, 6) is 2.80. The van der Waals surface area contributed by atoms with E-state index in [1.165, 1.54) is 5.56 Å². The minimum atomic E-state index is 0.641. The third kappa shape index (κ3) is 3.90. The molecule has 0 amide bonds. The Balaban J connectivity index is 1.83. The number of hydrogen-bond donors (Lipinski definition) is 1. The summed E-state index contributed by atoms with van der Waals surface area (Å²) in [5.41, 5.74) is 2.13. The lowest BCUT2D eigenvalue weighted by molar-refractivity contribution is 0.400. The van der Waals surface area contributed by atoms with Crippen LogP contribution in [-0.2, 0) is 6.54 Å². The van der Waals surface area contributed by atoms with Gasteiger partial charge in [-0.05, 0) is 26.3 Å². The zero-order chi connectivity index (χ0) is 16.9. The molecule has 2 aromatic heterocycles. The highest BCUT2D eigenvalue weighted by molar-refractivity contribution is 5.54. The maximum atomic E-state index is 5.08. The molecule has 2 heterocycles. The van der Waals surface area contributed by atoms with E-state index in [0.29, 0.717) is 17.6 Å². The van der Waals surface area contributed by atoms with Crippen molar-refractivity contribution in [3.8, 4) is 0 Å². The molecule has 0 aliphatic carbocycles. The van der Waals surface area contributed by atoms with Crippen molar-refractivity contribution in [2.75, 3.05) is 16.8 Å². The summed E-state index contributed by atoms with van der Waals surface area (Å²) >= 11 is 0. The predicted octanol–water partition coefficient (Wildman–Crippen LogP) is 3.85. The molecule has 124 valence electrons. The molecule has 0 aliphatic rings. The van der Waals surface area contributed by atoms with Gasteiger partial charge in [-0.25, -0.2) is 4.98 Å². The van der Waals surface area contributed by atoms with Crippen molar-refractivity contribution in [2.24, 2.45) is 0 Å². The molecule has 1 aromatic carbocycles. The van der Waals surface area contributed by atoms with Crippen molar-refractivity contribution in [1.29, 1.82) is 0 Å². The van der Waals surface area contributed by atoms with Crippen molar-refractivity contribution in [3.63, 3.8) is 0 Å². The second-order valence-electron chi connectivity index (χ2n) is 5.64. The number of aryl methyl sites for hydroxylation is 2. The standard InChI is InChI=1S/C18H21N5O/c1-4-23(12-15-8-6-5-7-9-15)18-19-13(2)10-16(21-18)20-17-11-14(3)24-22-17/h5-11H,4,12H2,1-3H3,(H,19,20,21,22). The van der Waals surface area contributed by atoms with Crippen LogP contribution in [0.4, 0.5) is 17.6 Å². The number of nitrogens with zero attached hydrogens (tertiary/aromatic N) is 4. The summed E-state index contributed by atoms with van der Waals surface area (Å²) in [6.45, 7) is 7.50. The first kappa shape index (κ1) is 16.0. The summed E-state index contributed by atoms with van der Waals surface area (Å²) in [6.07, 6.45) is 0. The van der Waals surface area contributed by atoms with E-state index < -0.39 is 0 Å². The molecular weight excluding hydrogens is 302 g/mol. The Hall–Kier alpha value is -2.89. The van der Waals surface area contributed by atoms with E-state index in [9.17, 15) is 0 Å². The van der Waals surface area contributed by atoms with Crippen LogP contribution < -0.4 is 10.2 Å². The lowest BCUT2D eigenvalue weighted by Gasteiger charge is -2.21. The van der Waals surface area contributed by atoms with Crippen LogP contribution in [0.1, 0.15) is 23.9 Å². The quantitative estimate of drug-likeness (QED) is 0.743. The summed E-state index contributed by atoms with van der Waals surface area (Å²) in [7, 11) is 0. The lowest BCUT2D eigenvalue weighted by Crippen LogP contribution is -2.24. The predicted molar refractivity (Wildman–Crippen MR) is 94.5 cm³/mol. The van der Waals surface area contributed by atoms with Crippen LogP contribution in [0.2, 0.25) is 0 Å². The van der Waals surface area contributed by atoms with Crippen LogP contribution in [0.5, 0.6) is 0 Å². The molecule has 0 bridgehead atoms. The Morgan fingerprint density at radius 2 is 1.83 bits per heavy atom. The third-order valence-corrected chi connectivity index (χ3v) is 3.61. The molecule has 6 nitrogen and oxygen atoms in total. The maximum absolute atomic E-state index is 5.08. The third-order valence-electron chi connectivity index (χ3n) is 3.61. The zero-order valence-electron chi connectivity index (χ0n) is 14.2. The molecule has 0 radical (unpaired) electrons. The van der Waals surface area contributed by atoms with E-state index in [1.54, 1.807) is 0 Å². The van der Waals surface area contributed by atoms with E-state index in [0.717, 1.165) is 24.5 Å². The number of hydrogen-bond acceptors (Lipinski definition) is 6. The highest BCUT2D eigenvalue weighted by atomic mass is 16.5. The molecule has 0 saturated carbocycles. The van der Waals surface area contributed by atoms with Crippen molar-refractivity contribution >= 4 is 17.6 Å². The van der Waals surface area contributed by atoms with Crippen LogP contribution in [0, 0.1) is 13.8 Å². The Bertz CT molecular complexity index is 800. The van der Waals surface area contributed by atoms with Gasteiger partial charge in [0.2, 0.25) is 5.95 Å².